The van der Waals surface area contributed by atoms with Crippen LogP contribution >= 0.6 is 11.6 Å². The largest absolute Gasteiger partial charge is 0.481 e. The van der Waals surface area contributed by atoms with Crippen LogP contribution in [0, 0.1) is 17.5 Å². The third-order valence-corrected chi connectivity index (χ3v) is 4.82. The minimum atomic E-state index is -4.81. The normalized spacial score (nSPS) is 11.6. The van der Waals surface area contributed by atoms with Gasteiger partial charge in [0.25, 0.3) is 0 Å². The lowest BCUT2D eigenvalue weighted by molar-refractivity contribution is -0.139. The second-order valence-electron chi connectivity index (χ2n) is 6.71. The number of ether oxygens (including phenoxy) is 1. The second kappa shape index (κ2) is 9.15. The average Bonchev–Trinajstić information content (AvgIpc) is 3.12. The lowest BCUT2D eigenvalue weighted by Crippen LogP contribution is -2.13. The van der Waals surface area contributed by atoms with Crippen molar-refractivity contribution in [2.75, 3.05) is 0 Å². The number of aromatic nitrogens is 1. The van der Waals surface area contributed by atoms with E-state index < -0.39 is 53.2 Å². The third-order valence-electron chi connectivity index (χ3n) is 4.52. The van der Waals surface area contributed by atoms with Crippen molar-refractivity contribution in [3.63, 3.8) is 0 Å². The Morgan fingerprint density at radius 3 is 2.25 bits per heavy atom. The maximum Gasteiger partial charge on any atom is 0.418 e. The first kappa shape index (κ1) is 23.5. The van der Waals surface area contributed by atoms with E-state index in [1.165, 1.54) is 6.07 Å². The molecule has 0 saturated heterocycles. The summed E-state index contributed by atoms with van der Waals surface area (Å²) in [7, 11) is 0. The molecule has 32 heavy (non-hydrogen) atoms. The van der Waals surface area contributed by atoms with E-state index in [4.69, 9.17) is 21.4 Å². The molecular weight excluding hydrogens is 464 g/mol. The summed E-state index contributed by atoms with van der Waals surface area (Å²) in [6.07, 6.45) is -4.30. The molecule has 1 heterocycles. The van der Waals surface area contributed by atoms with Crippen molar-refractivity contribution < 1.29 is 41.0 Å². The number of benzene rings is 2. The molecule has 0 radical (unpaired) electrons. The monoisotopic (exact) mass is 477 g/mol. The first-order valence-electron chi connectivity index (χ1n) is 9.02. The van der Waals surface area contributed by atoms with Crippen LogP contribution in [0.4, 0.5) is 26.3 Å². The quantitative estimate of drug-likeness (QED) is 0.414. The summed E-state index contributed by atoms with van der Waals surface area (Å²) >= 11 is 5.61. The highest BCUT2D eigenvalue weighted by atomic mass is 35.5. The van der Waals surface area contributed by atoms with Crippen LogP contribution in [-0.2, 0) is 24.0 Å². The van der Waals surface area contributed by atoms with Crippen molar-refractivity contribution in [3.8, 4) is 11.4 Å². The van der Waals surface area contributed by atoms with E-state index in [0.717, 1.165) is 41.1 Å². The molecule has 0 saturated carbocycles. The summed E-state index contributed by atoms with van der Waals surface area (Å²) in [5.41, 5.74) is -1.61. The highest BCUT2D eigenvalue weighted by Crippen LogP contribution is 2.35. The summed E-state index contributed by atoms with van der Waals surface area (Å²) in [6.45, 7) is -0.894. The van der Waals surface area contributed by atoms with Gasteiger partial charge in [0, 0.05) is 18.3 Å². The van der Waals surface area contributed by atoms with E-state index in [2.05, 4.69) is 0 Å². The number of carboxylic acids is 1. The molecule has 2 aromatic carbocycles. The van der Waals surface area contributed by atoms with E-state index >= 15 is 0 Å². The molecule has 0 atom stereocenters. The van der Waals surface area contributed by atoms with Crippen molar-refractivity contribution >= 4 is 17.6 Å². The second-order valence-corrected chi connectivity index (χ2v) is 7.12. The fraction of sp³-hybridized carbons (Fsp3) is 0.190. The van der Waals surface area contributed by atoms with Gasteiger partial charge < -0.3 is 14.4 Å². The molecule has 0 aliphatic rings. The zero-order valence-electron chi connectivity index (χ0n) is 16.0. The molecule has 0 bridgehead atoms. The van der Waals surface area contributed by atoms with Crippen LogP contribution in [0.3, 0.4) is 0 Å². The smallest absolute Gasteiger partial charge is 0.418 e. The summed E-state index contributed by atoms with van der Waals surface area (Å²) in [4.78, 5) is 10.6. The van der Waals surface area contributed by atoms with Gasteiger partial charge in [-0.05, 0) is 48.4 Å². The zero-order chi connectivity index (χ0) is 23.6. The molecule has 4 nitrogen and oxygen atoms in total. The molecule has 0 unspecified atom stereocenters. The minimum absolute atomic E-state index is 0.00837. The van der Waals surface area contributed by atoms with Crippen LogP contribution in [-0.4, -0.2) is 15.6 Å². The predicted molar refractivity (Wildman–Crippen MR) is 102 cm³/mol. The maximum absolute atomic E-state index is 14.3. The standard InChI is InChI=1S/C21H14ClF6NO3/c22-14-3-2-12(9-15(14)23)29-6-5-13(21(26,27)28)18(29)10-32-20-16(24)7-11(8-17(20)25)1-4-19(30)31/h2-3,5-9H,1,4,10H2,(H,30,31). The zero-order valence-corrected chi connectivity index (χ0v) is 16.8. The molecule has 0 aliphatic heterocycles. The van der Waals surface area contributed by atoms with Gasteiger partial charge in [0.2, 0.25) is 0 Å². The number of aliphatic carboxylic acids is 1. The van der Waals surface area contributed by atoms with Crippen molar-refractivity contribution in [3.05, 3.63) is 81.9 Å². The Balaban J connectivity index is 1.94. The molecule has 0 aliphatic carbocycles. The summed E-state index contributed by atoms with van der Waals surface area (Å²) < 4.78 is 88.8. The van der Waals surface area contributed by atoms with E-state index in [0.29, 0.717) is 0 Å². The number of nitrogens with zero attached hydrogens (tertiary/aromatic N) is 1. The van der Waals surface area contributed by atoms with Gasteiger partial charge in [-0.1, -0.05) is 11.6 Å². The number of rotatable bonds is 7. The highest BCUT2D eigenvalue weighted by molar-refractivity contribution is 6.30. The van der Waals surface area contributed by atoms with Gasteiger partial charge in [-0.25, -0.2) is 13.2 Å². The highest BCUT2D eigenvalue weighted by Gasteiger charge is 2.36. The minimum Gasteiger partial charge on any atom is -0.481 e. The Labute approximate surface area is 182 Å². The Morgan fingerprint density at radius 2 is 1.69 bits per heavy atom. The van der Waals surface area contributed by atoms with Crippen LogP contribution in [0.15, 0.2) is 42.6 Å². The van der Waals surface area contributed by atoms with Gasteiger partial charge in [-0.15, -0.1) is 0 Å². The van der Waals surface area contributed by atoms with E-state index in [-0.39, 0.29) is 29.1 Å². The number of aryl methyl sites for hydroxylation is 1. The number of alkyl halides is 3. The molecule has 0 fully saturated rings. The van der Waals surface area contributed by atoms with Crippen LogP contribution in [0.2, 0.25) is 5.02 Å². The SMILES string of the molecule is O=C(O)CCc1cc(F)c(OCc2c(C(F)(F)F)ccn2-c2ccc(Cl)c(F)c2)c(F)c1. The predicted octanol–water partition coefficient (Wildman–Crippen LogP) is 6.16. The van der Waals surface area contributed by atoms with Crippen molar-refractivity contribution in [1.29, 1.82) is 0 Å². The lowest BCUT2D eigenvalue weighted by Gasteiger charge is -2.16. The molecule has 1 N–H and O–H groups in total. The molecule has 170 valence electrons. The van der Waals surface area contributed by atoms with Gasteiger partial charge >= 0.3 is 12.1 Å². The number of carboxylic acid groups (broad SMARTS) is 1. The van der Waals surface area contributed by atoms with E-state index in [1.807, 2.05) is 0 Å². The van der Waals surface area contributed by atoms with Gasteiger partial charge in [0.15, 0.2) is 17.4 Å². The van der Waals surface area contributed by atoms with Crippen molar-refractivity contribution in [2.24, 2.45) is 0 Å². The Hall–Kier alpha value is -3.14. The molecule has 3 aromatic rings. The van der Waals surface area contributed by atoms with Gasteiger partial charge in [-0.2, -0.15) is 13.2 Å². The van der Waals surface area contributed by atoms with Crippen LogP contribution in [0.1, 0.15) is 23.2 Å². The van der Waals surface area contributed by atoms with Gasteiger partial charge in [0.05, 0.1) is 16.3 Å². The molecule has 0 amide bonds. The lowest BCUT2D eigenvalue weighted by atomic mass is 10.1. The topological polar surface area (TPSA) is 51.5 Å². The Bertz CT molecular complexity index is 1140. The third kappa shape index (κ3) is 5.18. The van der Waals surface area contributed by atoms with Crippen molar-refractivity contribution in [1.82, 2.24) is 4.57 Å². The summed E-state index contributed by atoms with van der Waals surface area (Å²) in [5, 5.41) is 8.43. The Morgan fingerprint density at radius 1 is 1.03 bits per heavy atom. The van der Waals surface area contributed by atoms with Gasteiger partial charge in [-0.3, -0.25) is 4.79 Å². The molecule has 1 aromatic heterocycles. The fourth-order valence-electron chi connectivity index (χ4n) is 3.03. The number of hydrogen-bond donors (Lipinski definition) is 1. The van der Waals surface area contributed by atoms with Gasteiger partial charge in [0.1, 0.15) is 12.4 Å². The molecule has 11 heteroatoms. The number of carbonyl (C=O) groups is 1. The average molecular weight is 478 g/mol. The first-order valence-corrected chi connectivity index (χ1v) is 9.40. The van der Waals surface area contributed by atoms with Crippen molar-refractivity contribution in [2.45, 2.75) is 25.6 Å². The van der Waals surface area contributed by atoms with Crippen LogP contribution in [0.5, 0.6) is 5.75 Å². The van der Waals surface area contributed by atoms with E-state index in [9.17, 15) is 31.1 Å². The molecule has 0 spiro atoms. The molecule has 3 rings (SSSR count). The summed E-state index contributed by atoms with van der Waals surface area (Å²) in [6, 6.07) is 5.75. The number of hydrogen-bond acceptors (Lipinski definition) is 2. The number of halogens is 7. The Kier molecular flexibility index (Phi) is 6.73. The van der Waals surface area contributed by atoms with Crippen LogP contribution < -0.4 is 4.74 Å². The van der Waals surface area contributed by atoms with Crippen LogP contribution in [0.25, 0.3) is 5.69 Å². The first-order chi connectivity index (χ1) is 15.0. The molecular formula is C21H14ClF6NO3. The fourth-order valence-corrected chi connectivity index (χ4v) is 3.15. The maximum atomic E-state index is 14.3. The van der Waals surface area contributed by atoms with E-state index in [1.54, 1.807) is 0 Å². The summed E-state index contributed by atoms with van der Waals surface area (Å²) in [5.74, 6) is -5.35.